The Morgan fingerprint density at radius 2 is 2.00 bits per heavy atom. The van der Waals surface area contributed by atoms with E-state index >= 15 is 0 Å². The van der Waals surface area contributed by atoms with Gasteiger partial charge in [-0.2, -0.15) is 10.1 Å². The lowest BCUT2D eigenvalue weighted by Crippen LogP contribution is -2.31. The predicted molar refractivity (Wildman–Crippen MR) is 129 cm³/mol. The Morgan fingerprint density at radius 1 is 1.19 bits per heavy atom. The number of hydrogen-bond donors (Lipinski definition) is 1. The van der Waals surface area contributed by atoms with Crippen LogP contribution in [0, 0.1) is 0 Å². The number of nitrogens with zero attached hydrogens (tertiary/aromatic N) is 5. The smallest absolute Gasteiger partial charge is 0.307 e. The maximum atomic E-state index is 13.4. The average Bonchev–Trinajstić information content (AvgIpc) is 3.38. The molecule has 36 heavy (non-hydrogen) atoms. The molecule has 1 saturated heterocycles. The summed E-state index contributed by atoms with van der Waals surface area (Å²) in [6, 6.07) is 8.17. The number of carbonyl (C=O) groups is 1. The first kappa shape index (κ1) is 22.7. The summed E-state index contributed by atoms with van der Waals surface area (Å²) < 4.78 is 38.1. The van der Waals surface area contributed by atoms with E-state index in [4.69, 9.17) is 9.26 Å². The van der Waals surface area contributed by atoms with Gasteiger partial charge in [0.25, 0.3) is 5.89 Å². The normalized spacial score (nSPS) is 19.2. The third-order valence-corrected chi connectivity index (χ3v) is 9.31. The van der Waals surface area contributed by atoms with Gasteiger partial charge in [-0.15, -0.1) is 0 Å². The van der Waals surface area contributed by atoms with Crippen molar-refractivity contribution in [3.05, 3.63) is 48.5 Å². The number of aryl methyl sites for hydroxylation is 1. The number of esters is 1. The van der Waals surface area contributed by atoms with Gasteiger partial charge < -0.3 is 14.6 Å². The van der Waals surface area contributed by atoms with Crippen LogP contribution < -0.4 is 5.32 Å². The number of aromatic nitrogens is 5. The molecule has 186 valence electrons. The maximum Gasteiger partial charge on any atom is 0.307 e. The Kier molecular flexibility index (Phi) is 5.29. The topological polar surface area (TPSA) is 142 Å². The summed E-state index contributed by atoms with van der Waals surface area (Å²) >= 11 is 0. The number of hydrogen-bond acceptors (Lipinski definition) is 10. The van der Waals surface area contributed by atoms with E-state index in [1.165, 1.54) is 0 Å². The van der Waals surface area contributed by atoms with Crippen molar-refractivity contribution in [3.63, 3.8) is 0 Å². The Balaban J connectivity index is 1.42. The van der Waals surface area contributed by atoms with Crippen LogP contribution in [0.25, 0.3) is 22.5 Å². The van der Waals surface area contributed by atoms with Crippen LogP contribution in [0.5, 0.6) is 0 Å². The molecule has 1 aromatic carbocycles. The lowest BCUT2D eigenvalue weighted by Gasteiger charge is -2.24. The van der Waals surface area contributed by atoms with Crippen LogP contribution in [0.15, 0.2) is 52.1 Å². The zero-order valence-corrected chi connectivity index (χ0v) is 20.4. The van der Waals surface area contributed by atoms with Crippen molar-refractivity contribution in [1.82, 2.24) is 24.9 Å². The molecule has 0 spiro atoms. The molecule has 0 radical (unpaired) electrons. The van der Waals surface area contributed by atoms with Gasteiger partial charge in [0.2, 0.25) is 0 Å². The van der Waals surface area contributed by atoms with Crippen LogP contribution in [0.1, 0.15) is 38.4 Å². The first-order valence-corrected chi connectivity index (χ1v) is 13.3. The summed E-state index contributed by atoms with van der Waals surface area (Å²) in [7, 11) is -3.70. The lowest BCUT2D eigenvalue weighted by molar-refractivity contribution is -0.147. The van der Waals surface area contributed by atoms with Crippen LogP contribution in [0.3, 0.4) is 0 Å². The van der Waals surface area contributed by atoms with Crippen molar-refractivity contribution in [2.45, 2.75) is 54.8 Å². The summed E-state index contributed by atoms with van der Waals surface area (Å²) in [6.07, 6.45) is 5.02. The maximum absolute atomic E-state index is 13.4. The van der Waals surface area contributed by atoms with E-state index in [-0.39, 0.29) is 35.0 Å². The third-order valence-electron chi connectivity index (χ3n) is 6.79. The molecular formula is C24H24N6O5S. The second kappa shape index (κ2) is 8.40. The summed E-state index contributed by atoms with van der Waals surface area (Å²) in [6.45, 7) is 2.94. The molecule has 2 fully saturated rings. The number of sulfone groups is 1. The van der Waals surface area contributed by atoms with Gasteiger partial charge in [0.15, 0.2) is 21.3 Å². The van der Waals surface area contributed by atoms with Gasteiger partial charge in [-0.25, -0.2) is 18.1 Å². The minimum Gasteiger partial charge on any atom is -0.466 e. The summed E-state index contributed by atoms with van der Waals surface area (Å²) in [5.41, 5.74) is 1.85. The molecule has 6 rings (SSSR count). The van der Waals surface area contributed by atoms with Gasteiger partial charge in [-0.1, -0.05) is 23.4 Å². The van der Waals surface area contributed by atoms with Gasteiger partial charge in [-0.3, -0.25) is 4.79 Å². The van der Waals surface area contributed by atoms with Crippen molar-refractivity contribution >= 4 is 32.5 Å². The first-order valence-electron chi connectivity index (χ1n) is 11.8. The molecular weight excluding hydrogens is 484 g/mol. The van der Waals surface area contributed by atoms with E-state index < -0.39 is 14.6 Å². The minimum absolute atomic E-state index is 0.137. The SMILES string of the molecule is CCn1ncc2c(NC3CCOC(=O)C3)c(-c3nc(C4(S(=O)(=O)c5ccccc5)CC4)no3)cnc21. The highest BCUT2D eigenvalue weighted by molar-refractivity contribution is 7.92. The fraction of sp³-hybridized carbons (Fsp3) is 0.375. The zero-order valence-electron chi connectivity index (χ0n) is 19.5. The number of carbonyl (C=O) groups excluding carboxylic acids is 1. The van der Waals surface area contributed by atoms with Crippen LogP contribution >= 0.6 is 0 Å². The second-order valence-corrected chi connectivity index (χ2v) is 11.3. The second-order valence-electron chi connectivity index (χ2n) is 9.03. The summed E-state index contributed by atoms with van der Waals surface area (Å²) in [5, 5.41) is 12.7. The standard InChI is InChI=1S/C24H24N6O5S/c1-2-30-21-17(14-26-30)20(27-15-8-11-34-19(31)12-15)18(13-25-21)22-28-23(29-35-22)24(9-10-24)36(32,33)16-6-4-3-5-7-16/h3-7,13-15H,2,8-12H2,1H3,(H,25,27). The van der Waals surface area contributed by atoms with E-state index in [2.05, 4.69) is 25.5 Å². The molecule has 1 saturated carbocycles. The van der Waals surface area contributed by atoms with Crippen LogP contribution in [0.4, 0.5) is 5.69 Å². The number of nitrogens with one attached hydrogen (secondary N) is 1. The molecule has 2 aliphatic rings. The molecule has 1 atom stereocenters. The van der Waals surface area contributed by atoms with E-state index in [0.717, 1.165) is 5.39 Å². The lowest BCUT2D eigenvalue weighted by atomic mass is 10.1. The van der Waals surface area contributed by atoms with E-state index in [1.807, 2.05) is 6.92 Å². The number of anilines is 1. The molecule has 12 heteroatoms. The summed E-state index contributed by atoms with van der Waals surface area (Å²) in [5.74, 6) is 0.0219. The highest BCUT2D eigenvalue weighted by Crippen LogP contribution is 2.54. The van der Waals surface area contributed by atoms with Crippen molar-refractivity contribution < 1.29 is 22.5 Å². The molecule has 1 aliphatic heterocycles. The monoisotopic (exact) mass is 508 g/mol. The first-order chi connectivity index (χ1) is 17.4. The van der Waals surface area contributed by atoms with Gasteiger partial charge in [0.1, 0.15) is 4.75 Å². The van der Waals surface area contributed by atoms with Crippen molar-refractivity contribution in [2.75, 3.05) is 11.9 Å². The van der Waals surface area contributed by atoms with Gasteiger partial charge in [0, 0.05) is 25.2 Å². The number of benzene rings is 1. The number of fused-ring (bicyclic) bond motifs is 1. The Hall–Kier alpha value is -3.80. The van der Waals surface area contributed by atoms with Gasteiger partial charge >= 0.3 is 5.97 Å². The Morgan fingerprint density at radius 3 is 2.72 bits per heavy atom. The van der Waals surface area contributed by atoms with E-state index in [9.17, 15) is 13.2 Å². The molecule has 0 amide bonds. The van der Waals surface area contributed by atoms with Gasteiger partial charge in [-0.05, 0) is 31.9 Å². The minimum atomic E-state index is -3.70. The van der Waals surface area contributed by atoms with Crippen molar-refractivity contribution in [2.24, 2.45) is 0 Å². The molecule has 1 N–H and O–H groups in total. The predicted octanol–water partition coefficient (Wildman–Crippen LogP) is 3.08. The average molecular weight is 509 g/mol. The quantitative estimate of drug-likeness (QED) is 0.370. The van der Waals surface area contributed by atoms with Crippen LogP contribution in [-0.2, 0) is 30.7 Å². The highest BCUT2D eigenvalue weighted by atomic mass is 32.2. The molecule has 1 unspecified atom stereocenters. The van der Waals surface area contributed by atoms with E-state index in [1.54, 1.807) is 47.4 Å². The molecule has 4 aromatic rings. The van der Waals surface area contributed by atoms with Crippen LogP contribution in [0.2, 0.25) is 0 Å². The number of ether oxygens (including phenoxy) is 1. The largest absolute Gasteiger partial charge is 0.466 e. The third kappa shape index (κ3) is 3.55. The fourth-order valence-corrected chi connectivity index (χ4v) is 6.58. The van der Waals surface area contributed by atoms with Crippen LogP contribution in [-0.4, -0.2) is 51.9 Å². The molecule has 0 bridgehead atoms. The van der Waals surface area contributed by atoms with Crippen molar-refractivity contribution in [1.29, 1.82) is 0 Å². The zero-order chi connectivity index (χ0) is 24.9. The highest BCUT2D eigenvalue weighted by Gasteiger charge is 2.60. The Bertz CT molecular complexity index is 1560. The number of pyridine rings is 1. The number of cyclic esters (lactones) is 1. The van der Waals surface area contributed by atoms with Crippen molar-refractivity contribution in [3.8, 4) is 11.5 Å². The summed E-state index contributed by atoms with van der Waals surface area (Å²) in [4.78, 5) is 21.2. The molecule has 4 heterocycles. The fourth-order valence-electron chi connectivity index (χ4n) is 4.65. The van der Waals surface area contributed by atoms with Gasteiger partial charge in [0.05, 0.1) is 40.8 Å². The number of rotatable bonds is 7. The Labute approximate surface area is 206 Å². The molecule has 11 nitrogen and oxygen atoms in total. The van der Waals surface area contributed by atoms with E-state index in [0.29, 0.717) is 49.3 Å². The molecule has 3 aromatic heterocycles. The molecule has 1 aliphatic carbocycles.